The van der Waals surface area contributed by atoms with E-state index in [-0.39, 0.29) is 0 Å². The van der Waals surface area contributed by atoms with Gasteiger partial charge in [0, 0.05) is 0 Å². The van der Waals surface area contributed by atoms with Crippen LogP contribution in [0.2, 0.25) is 0 Å². The van der Waals surface area contributed by atoms with E-state index in [1.54, 1.807) is 11.3 Å². The van der Waals surface area contributed by atoms with Crippen molar-refractivity contribution in [3.8, 4) is 0 Å². The van der Waals surface area contributed by atoms with Gasteiger partial charge in [-0.25, -0.2) is 0 Å². The highest BCUT2D eigenvalue weighted by Crippen LogP contribution is 2.22. The molecule has 0 spiro atoms. The van der Waals surface area contributed by atoms with E-state index < -0.39 is 0 Å². The fourth-order valence-electron chi connectivity index (χ4n) is 0.715. The largest absolute Gasteiger partial charge is 0.396 e. The van der Waals surface area contributed by atoms with Gasteiger partial charge in [-0.3, -0.25) is 0 Å². The standard InChI is InChI=1S/C8H10BrNOS/c1-3-11-10-6(2)7-4-5-8(9)12-7/h4-5H,3H2,1-2H3/b10-6-. The van der Waals surface area contributed by atoms with Crippen molar-refractivity contribution < 1.29 is 4.84 Å². The maximum atomic E-state index is 4.94. The van der Waals surface area contributed by atoms with E-state index in [1.807, 2.05) is 26.0 Å². The molecule has 66 valence electrons. The minimum atomic E-state index is 0.615. The Bertz CT molecular complexity index is 282. The van der Waals surface area contributed by atoms with Crippen molar-refractivity contribution in [3.63, 3.8) is 0 Å². The van der Waals surface area contributed by atoms with Gasteiger partial charge < -0.3 is 4.84 Å². The summed E-state index contributed by atoms with van der Waals surface area (Å²) in [7, 11) is 0. The third kappa shape index (κ3) is 2.60. The molecular formula is C8H10BrNOS. The summed E-state index contributed by atoms with van der Waals surface area (Å²) in [4.78, 5) is 6.07. The van der Waals surface area contributed by atoms with Gasteiger partial charge in [0.1, 0.15) is 6.61 Å². The lowest BCUT2D eigenvalue weighted by Crippen LogP contribution is -1.92. The molecule has 0 amide bonds. The van der Waals surface area contributed by atoms with Crippen molar-refractivity contribution in [1.29, 1.82) is 0 Å². The molecule has 0 aliphatic rings. The quantitative estimate of drug-likeness (QED) is 0.594. The molecule has 1 rings (SSSR count). The zero-order chi connectivity index (χ0) is 8.97. The maximum absolute atomic E-state index is 4.94. The molecule has 4 heteroatoms. The van der Waals surface area contributed by atoms with Crippen LogP contribution in [0.15, 0.2) is 21.1 Å². The van der Waals surface area contributed by atoms with Gasteiger partial charge in [0.2, 0.25) is 0 Å². The van der Waals surface area contributed by atoms with Crippen LogP contribution in [0, 0.1) is 0 Å². The van der Waals surface area contributed by atoms with Crippen molar-refractivity contribution in [3.05, 3.63) is 20.8 Å². The highest BCUT2D eigenvalue weighted by Gasteiger charge is 2.00. The molecule has 0 N–H and O–H groups in total. The number of oxime groups is 1. The highest BCUT2D eigenvalue weighted by atomic mass is 79.9. The summed E-state index contributed by atoms with van der Waals surface area (Å²) in [6.45, 7) is 4.47. The Hall–Kier alpha value is -0.350. The second-order valence-corrected chi connectivity index (χ2v) is 4.66. The lowest BCUT2D eigenvalue weighted by molar-refractivity contribution is 0.159. The molecule has 0 bridgehead atoms. The average Bonchev–Trinajstić information content (AvgIpc) is 2.47. The third-order valence-electron chi connectivity index (χ3n) is 1.26. The summed E-state index contributed by atoms with van der Waals surface area (Å²) in [6, 6.07) is 4.03. The fourth-order valence-corrected chi connectivity index (χ4v) is 2.04. The van der Waals surface area contributed by atoms with E-state index >= 15 is 0 Å². The fraction of sp³-hybridized carbons (Fsp3) is 0.375. The molecule has 0 atom stereocenters. The molecule has 1 heterocycles. The van der Waals surface area contributed by atoms with Crippen molar-refractivity contribution in [2.24, 2.45) is 5.16 Å². The molecule has 0 radical (unpaired) electrons. The number of thiophene rings is 1. The van der Waals surface area contributed by atoms with Crippen LogP contribution in [0.1, 0.15) is 18.7 Å². The number of hydrogen-bond donors (Lipinski definition) is 0. The molecule has 2 nitrogen and oxygen atoms in total. The number of nitrogens with zero attached hydrogens (tertiary/aromatic N) is 1. The van der Waals surface area contributed by atoms with Crippen molar-refractivity contribution in [1.82, 2.24) is 0 Å². The first-order valence-electron chi connectivity index (χ1n) is 3.66. The van der Waals surface area contributed by atoms with Crippen molar-refractivity contribution >= 4 is 33.0 Å². The van der Waals surface area contributed by atoms with Crippen LogP contribution in [-0.2, 0) is 4.84 Å². The summed E-state index contributed by atoms with van der Waals surface area (Å²) < 4.78 is 1.11. The van der Waals surface area contributed by atoms with Crippen molar-refractivity contribution in [2.45, 2.75) is 13.8 Å². The van der Waals surface area contributed by atoms with E-state index in [9.17, 15) is 0 Å². The molecule has 1 aromatic heterocycles. The average molecular weight is 248 g/mol. The summed E-state index contributed by atoms with van der Waals surface area (Å²) >= 11 is 5.04. The van der Waals surface area contributed by atoms with Gasteiger partial charge in [0.25, 0.3) is 0 Å². The first-order valence-corrected chi connectivity index (χ1v) is 5.27. The molecule has 0 fully saturated rings. The number of halogens is 1. The van der Waals surface area contributed by atoms with E-state index in [1.165, 1.54) is 0 Å². The minimum Gasteiger partial charge on any atom is -0.396 e. The van der Waals surface area contributed by atoms with Crippen LogP contribution in [0.25, 0.3) is 0 Å². The monoisotopic (exact) mass is 247 g/mol. The number of hydrogen-bond acceptors (Lipinski definition) is 3. The highest BCUT2D eigenvalue weighted by molar-refractivity contribution is 9.11. The van der Waals surface area contributed by atoms with Crippen LogP contribution >= 0.6 is 27.3 Å². The number of rotatable bonds is 3. The normalized spacial score (nSPS) is 11.8. The maximum Gasteiger partial charge on any atom is 0.114 e. The third-order valence-corrected chi connectivity index (χ3v) is 2.99. The van der Waals surface area contributed by atoms with Crippen LogP contribution in [0.4, 0.5) is 0 Å². The van der Waals surface area contributed by atoms with Gasteiger partial charge in [-0.1, -0.05) is 5.16 Å². The second-order valence-electron chi connectivity index (χ2n) is 2.20. The summed E-state index contributed by atoms with van der Waals surface area (Å²) in [6.07, 6.45) is 0. The van der Waals surface area contributed by atoms with Crippen LogP contribution in [0.5, 0.6) is 0 Å². The smallest absolute Gasteiger partial charge is 0.114 e. The van der Waals surface area contributed by atoms with E-state index in [4.69, 9.17) is 4.84 Å². The van der Waals surface area contributed by atoms with E-state index in [2.05, 4.69) is 21.1 Å². The molecule has 1 aromatic rings. The predicted octanol–water partition coefficient (Wildman–Crippen LogP) is 3.27. The minimum absolute atomic E-state index is 0.615. The molecule has 0 unspecified atom stereocenters. The Balaban J connectivity index is 2.70. The van der Waals surface area contributed by atoms with Gasteiger partial charge in [0.05, 0.1) is 14.4 Å². The van der Waals surface area contributed by atoms with Crippen molar-refractivity contribution in [2.75, 3.05) is 6.61 Å². The Morgan fingerprint density at radius 2 is 2.42 bits per heavy atom. The first kappa shape index (κ1) is 9.74. The first-order chi connectivity index (χ1) is 5.74. The topological polar surface area (TPSA) is 21.6 Å². The zero-order valence-electron chi connectivity index (χ0n) is 7.00. The lowest BCUT2D eigenvalue weighted by atomic mass is 10.3. The molecule has 0 aromatic carbocycles. The van der Waals surface area contributed by atoms with Gasteiger partial charge in [-0.15, -0.1) is 11.3 Å². The molecule has 12 heavy (non-hydrogen) atoms. The Kier molecular flexibility index (Phi) is 3.75. The molecule has 0 saturated heterocycles. The summed E-state index contributed by atoms with van der Waals surface area (Å²) in [5, 5.41) is 3.93. The molecule has 0 aliphatic heterocycles. The van der Waals surface area contributed by atoms with Crippen LogP contribution in [-0.4, -0.2) is 12.3 Å². The molecule has 0 saturated carbocycles. The predicted molar refractivity (Wildman–Crippen MR) is 55.9 cm³/mol. The van der Waals surface area contributed by atoms with Gasteiger partial charge in [0.15, 0.2) is 0 Å². The Labute approximate surface area is 84.4 Å². The molecular weight excluding hydrogens is 238 g/mol. The van der Waals surface area contributed by atoms with E-state index in [0.29, 0.717) is 6.61 Å². The van der Waals surface area contributed by atoms with Gasteiger partial charge >= 0.3 is 0 Å². The Morgan fingerprint density at radius 3 is 2.92 bits per heavy atom. The zero-order valence-corrected chi connectivity index (χ0v) is 9.41. The van der Waals surface area contributed by atoms with E-state index in [0.717, 1.165) is 14.4 Å². The Morgan fingerprint density at radius 1 is 1.67 bits per heavy atom. The van der Waals surface area contributed by atoms with Crippen LogP contribution in [0.3, 0.4) is 0 Å². The second kappa shape index (κ2) is 4.62. The SMILES string of the molecule is CCO/N=C(/C)c1ccc(Br)s1. The lowest BCUT2D eigenvalue weighted by Gasteiger charge is -1.95. The van der Waals surface area contributed by atoms with Gasteiger partial charge in [-0.05, 0) is 41.9 Å². The van der Waals surface area contributed by atoms with Crippen LogP contribution < -0.4 is 0 Å². The summed E-state index contributed by atoms with van der Waals surface area (Å²) in [5.74, 6) is 0. The van der Waals surface area contributed by atoms with Gasteiger partial charge in [-0.2, -0.15) is 0 Å². The molecule has 0 aliphatic carbocycles. The summed E-state index contributed by atoms with van der Waals surface area (Å²) in [5.41, 5.74) is 0.924.